The van der Waals surface area contributed by atoms with Crippen LogP contribution in [0.3, 0.4) is 0 Å². The second-order valence-electron chi connectivity index (χ2n) is 8.52. The van der Waals surface area contributed by atoms with E-state index in [4.69, 9.17) is 9.47 Å². The summed E-state index contributed by atoms with van der Waals surface area (Å²) in [6.07, 6.45) is 10.9. The van der Waals surface area contributed by atoms with Crippen molar-refractivity contribution >= 4 is 0 Å². The highest BCUT2D eigenvalue weighted by molar-refractivity contribution is 5.49. The van der Waals surface area contributed by atoms with E-state index in [1.807, 2.05) is 6.07 Å². The first-order valence-corrected chi connectivity index (χ1v) is 11.1. The third-order valence-corrected chi connectivity index (χ3v) is 6.91. The van der Waals surface area contributed by atoms with Crippen LogP contribution in [0.5, 0.6) is 11.5 Å². The Bertz CT molecular complexity index is 592. The fourth-order valence-corrected chi connectivity index (χ4v) is 5.29. The molecule has 0 N–H and O–H groups in total. The first-order valence-electron chi connectivity index (χ1n) is 11.1. The van der Waals surface area contributed by atoms with Crippen LogP contribution in [-0.4, -0.2) is 62.3 Å². The van der Waals surface area contributed by atoms with Gasteiger partial charge in [-0.25, -0.2) is 0 Å². The third-order valence-electron chi connectivity index (χ3n) is 6.91. The Labute approximate surface area is 164 Å². The molecule has 0 aromatic heterocycles. The quantitative estimate of drug-likeness (QED) is 0.744. The lowest BCUT2D eigenvalue weighted by Gasteiger charge is -2.41. The zero-order valence-corrected chi connectivity index (χ0v) is 17.0. The van der Waals surface area contributed by atoms with E-state index in [1.165, 1.54) is 83.2 Å². The summed E-state index contributed by atoms with van der Waals surface area (Å²) in [4.78, 5) is 5.46. The standard InChI is InChI=1S/C23H36N2O2/c1-26-22-11-5-10-21-19(12-18-27-23(21)22)7-6-13-24-14-16-25(17-15-24)20-8-3-2-4-9-20/h5,10-11,19-20H,2-4,6-9,12-18H2,1H3. The average Bonchev–Trinajstić information content (AvgIpc) is 2.74. The number of ether oxygens (including phenoxy) is 2. The van der Waals surface area contributed by atoms with Gasteiger partial charge in [0.15, 0.2) is 11.5 Å². The van der Waals surface area contributed by atoms with Gasteiger partial charge in [-0.3, -0.25) is 4.90 Å². The Morgan fingerprint density at radius 3 is 2.63 bits per heavy atom. The minimum atomic E-state index is 0.618. The van der Waals surface area contributed by atoms with Gasteiger partial charge >= 0.3 is 0 Å². The Balaban J connectivity index is 1.22. The van der Waals surface area contributed by atoms with Crippen LogP contribution in [-0.2, 0) is 0 Å². The van der Waals surface area contributed by atoms with Crippen LogP contribution in [0.15, 0.2) is 18.2 Å². The van der Waals surface area contributed by atoms with E-state index in [2.05, 4.69) is 21.9 Å². The normalized spacial score (nSPS) is 25.0. The lowest BCUT2D eigenvalue weighted by molar-refractivity contribution is 0.0777. The van der Waals surface area contributed by atoms with Crippen molar-refractivity contribution in [2.75, 3.05) is 46.4 Å². The zero-order valence-electron chi connectivity index (χ0n) is 17.0. The molecule has 0 bridgehead atoms. The molecule has 27 heavy (non-hydrogen) atoms. The van der Waals surface area contributed by atoms with Crippen molar-refractivity contribution in [2.24, 2.45) is 0 Å². The van der Waals surface area contributed by atoms with Crippen LogP contribution in [0.25, 0.3) is 0 Å². The maximum Gasteiger partial charge on any atom is 0.164 e. The fraction of sp³-hybridized carbons (Fsp3) is 0.739. The maximum absolute atomic E-state index is 5.90. The summed E-state index contributed by atoms with van der Waals surface area (Å²) in [6.45, 7) is 7.14. The molecule has 4 heteroatoms. The monoisotopic (exact) mass is 372 g/mol. The van der Waals surface area contributed by atoms with Gasteiger partial charge in [-0.2, -0.15) is 0 Å². The second-order valence-corrected chi connectivity index (χ2v) is 8.52. The highest BCUT2D eigenvalue weighted by Gasteiger charge is 2.26. The number of methoxy groups -OCH3 is 1. The van der Waals surface area contributed by atoms with Crippen molar-refractivity contribution < 1.29 is 9.47 Å². The van der Waals surface area contributed by atoms with Crippen LogP contribution < -0.4 is 9.47 Å². The summed E-state index contributed by atoms with van der Waals surface area (Å²) in [5, 5.41) is 0. The van der Waals surface area contributed by atoms with Crippen LogP contribution in [0.1, 0.15) is 62.8 Å². The minimum Gasteiger partial charge on any atom is -0.493 e. The molecule has 0 spiro atoms. The largest absolute Gasteiger partial charge is 0.493 e. The smallest absolute Gasteiger partial charge is 0.164 e. The van der Waals surface area contributed by atoms with Gasteiger partial charge in [-0.1, -0.05) is 31.4 Å². The van der Waals surface area contributed by atoms with Crippen LogP contribution in [0.2, 0.25) is 0 Å². The number of nitrogens with zero attached hydrogens (tertiary/aromatic N) is 2. The number of benzene rings is 1. The maximum atomic E-state index is 5.90. The molecule has 1 saturated carbocycles. The van der Waals surface area contributed by atoms with Crippen molar-refractivity contribution in [2.45, 2.75) is 63.3 Å². The van der Waals surface area contributed by atoms with Gasteiger partial charge in [0.1, 0.15) is 0 Å². The highest BCUT2D eigenvalue weighted by Crippen LogP contribution is 2.42. The molecule has 2 fully saturated rings. The summed E-state index contributed by atoms with van der Waals surface area (Å²) in [5.41, 5.74) is 1.35. The number of rotatable bonds is 6. The van der Waals surface area contributed by atoms with Crippen molar-refractivity contribution in [3.05, 3.63) is 23.8 Å². The predicted molar refractivity (Wildman–Crippen MR) is 110 cm³/mol. The lowest BCUT2D eigenvalue weighted by atomic mass is 9.89. The average molecular weight is 373 g/mol. The van der Waals surface area contributed by atoms with Gasteiger partial charge < -0.3 is 14.4 Å². The summed E-state index contributed by atoms with van der Waals surface area (Å²) in [5.74, 6) is 2.49. The molecule has 2 heterocycles. The van der Waals surface area contributed by atoms with Crippen molar-refractivity contribution in [1.82, 2.24) is 9.80 Å². The Kier molecular flexibility index (Phi) is 6.56. The van der Waals surface area contributed by atoms with Gasteiger partial charge in [0.05, 0.1) is 13.7 Å². The fourth-order valence-electron chi connectivity index (χ4n) is 5.29. The van der Waals surface area contributed by atoms with E-state index in [-0.39, 0.29) is 0 Å². The molecule has 4 nitrogen and oxygen atoms in total. The van der Waals surface area contributed by atoms with E-state index < -0.39 is 0 Å². The first kappa shape index (κ1) is 19.1. The Morgan fingerprint density at radius 1 is 1.04 bits per heavy atom. The number of hydrogen-bond acceptors (Lipinski definition) is 4. The number of piperazine rings is 1. The zero-order chi connectivity index (χ0) is 18.5. The van der Waals surface area contributed by atoms with E-state index in [0.29, 0.717) is 5.92 Å². The SMILES string of the molecule is COc1cccc2c1OCCC2CCCN1CCN(C2CCCCC2)CC1. The molecular weight excluding hydrogens is 336 g/mol. The predicted octanol–water partition coefficient (Wildman–Crippen LogP) is 4.29. The topological polar surface area (TPSA) is 24.9 Å². The molecule has 0 radical (unpaired) electrons. The Hall–Kier alpha value is -1.26. The van der Waals surface area contributed by atoms with Crippen LogP contribution in [0.4, 0.5) is 0 Å². The molecule has 1 atom stereocenters. The van der Waals surface area contributed by atoms with E-state index in [9.17, 15) is 0 Å². The van der Waals surface area contributed by atoms with E-state index in [1.54, 1.807) is 7.11 Å². The summed E-state index contributed by atoms with van der Waals surface area (Å²) in [6, 6.07) is 7.22. The highest BCUT2D eigenvalue weighted by atomic mass is 16.5. The van der Waals surface area contributed by atoms with Gasteiger partial charge in [-0.15, -0.1) is 0 Å². The molecule has 1 aromatic rings. The van der Waals surface area contributed by atoms with E-state index >= 15 is 0 Å². The molecule has 4 rings (SSSR count). The van der Waals surface area contributed by atoms with Gasteiger partial charge in [0.25, 0.3) is 0 Å². The molecule has 0 amide bonds. The van der Waals surface area contributed by atoms with Crippen LogP contribution >= 0.6 is 0 Å². The van der Waals surface area contributed by atoms with Crippen molar-refractivity contribution in [1.29, 1.82) is 0 Å². The summed E-state index contributed by atoms with van der Waals surface area (Å²) < 4.78 is 11.4. The van der Waals surface area contributed by atoms with Crippen molar-refractivity contribution in [3.63, 3.8) is 0 Å². The molecule has 1 unspecified atom stereocenters. The number of fused-ring (bicyclic) bond motifs is 1. The third kappa shape index (κ3) is 4.60. The molecule has 3 aliphatic rings. The molecule has 1 saturated heterocycles. The number of para-hydroxylation sites is 1. The lowest BCUT2D eigenvalue weighted by Crippen LogP contribution is -2.50. The van der Waals surface area contributed by atoms with Crippen molar-refractivity contribution in [3.8, 4) is 11.5 Å². The van der Waals surface area contributed by atoms with Crippen LogP contribution in [0, 0.1) is 0 Å². The minimum absolute atomic E-state index is 0.618. The second kappa shape index (κ2) is 9.29. The summed E-state index contributed by atoms with van der Waals surface area (Å²) in [7, 11) is 1.73. The molecular formula is C23H36N2O2. The van der Waals surface area contributed by atoms with Gasteiger partial charge in [0, 0.05) is 37.8 Å². The Morgan fingerprint density at radius 2 is 1.85 bits per heavy atom. The summed E-state index contributed by atoms with van der Waals surface area (Å²) >= 11 is 0. The first-order chi connectivity index (χ1) is 13.3. The van der Waals surface area contributed by atoms with Gasteiger partial charge in [-0.05, 0) is 50.6 Å². The molecule has 1 aromatic carbocycles. The number of hydrogen-bond donors (Lipinski definition) is 0. The molecule has 1 aliphatic carbocycles. The van der Waals surface area contributed by atoms with Gasteiger partial charge in [0.2, 0.25) is 0 Å². The molecule has 2 aliphatic heterocycles. The molecule has 150 valence electrons. The van der Waals surface area contributed by atoms with E-state index in [0.717, 1.165) is 30.6 Å².